The molecule has 0 saturated carbocycles. The zero-order valence-corrected chi connectivity index (χ0v) is 21.1. The summed E-state index contributed by atoms with van der Waals surface area (Å²) in [5.74, 6) is -0.453. The van der Waals surface area contributed by atoms with Gasteiger partial charge in [-0.2, -0.15) is 0 Å². The van der Waals surface area contributed by atoms with Crippen LogP contribution < -0.4 is 5.32 Å². The summed E-state index contributed by atoms with van der Waals surface area (Å²) in [6, 6.07) is 37.9. The maximum Gasteiger partial charge on any atom is 0.229 e. The molecule has 0 fully saturated rings. The first kappa shape index (κ1) is 25.2. The second-order valence-corrected chi connectivity index (χ2v) is 9.98. The molecule has 0 saturated heterocycles. The zero-order chi connectivity index (χ0) is 25.5. The van der Waals surface area contributed by atoms with Crippen LogP contribution in [-0.2, 0) is 4.79 Å². The number of hydrogen-bond donors (Lipinski definition) is 2. The number of aliphatic hydroxyl groups is 1. The third-order valence-electron chi connectivity index (χ3n) is 6.23. The molecular formula is C33H33NO2. The summed E-state index contributed by atoms with van der Waals surface area (Å²) >= 11 is 0. The average Bonchev–Trinajstić information content (AvgIpc) is 2.89. The van der Waals surface area contributed by atoms with Gasteiger partial charge in [0.2, 0.25) is 5.91 Å². The fraction of sp³-hybridized carbons (Fsp3) is 0.182. The van der Waals surface area contributed by atoms with Crippen molar-refractivity contribution in [3.63, 3.8) is 0 Å². The normalized spacial score (nSPS) is 12.9. The van der Waals surface area contributed by atoms with Crippen molar-refractivity contribution >= 4 is 17.2 Å². The minimum Gasteiger partial charge on any atom is -0.388 e. The minimum atomic E-state index is -0.851. The van der Waals surface area contributed by atoms with Crippen LogP contribution in [0.5, 0.6) is 0 Å². The number of hydrogen-bond acceptors (Lipinski definition) is 2. The maximum atomic E-state index is 12.9. The Morgan fingerprint density at radius 2 is 1.19 bits per heavy atom. The molecule has 182 valence electrons. The lowest BCUT2D eigenvalue weighted by molar-refractivity contribution is -0.123. The van der Waals surface area contributed by atoms with Gasteiger partial charge in [0.15, 0.2) is 0 Å². The third kappa shape index (κ3) is 5.99. The quantitative estimate of drug-likeness (QED) is 0.295. The molecule has 4 rings (SSSR count). The molecule has 3 heteroatoms. The molecule has 0 spiro atoms. The van der Waals surface area contributed by atoms with Crippen LogP contribution >= 0.6 is 0 Å². The van der Waals surface area contributed by atoms with Crippen LogP contribution in [0.15, 0.2) is 121 Å². The number of rotatable bonds is 7. The van der Waals surface area contributed by atoms with Crippen molar-refractivity contribution in [1.82, 2.24) is 0 Å². The molecule has 0 heterocycles. The molecular weight excluding hydrogens is 442 g/mol. The van der Waals surface area contributed by atoms with Gasteiger partial charge in [-0.3, -0.25) is 4.79 Å². The molecule has 1 amide bonds. The summed E-state index contributed by atoms with van der Waals surface area (Å²) < 4.78 is 0. The van der Waals surface area contributed by atoms with E-state index in [4.69, 9.17) is 0 Å². The van der Waals surface area contributed by atoms with Gasteiger partial charge in [0.1, 0.15) is 0 Å². The lowest BCUT2D eigenvalue weighted by Crippen LogP contribution is -2.29. The molecule has 0 bridgehead atoms. The summed E-state index contributed by atoms with van der Waals surface area (Å²) in [5.41, 5.74) is 5.03. The predicted octanol–water partition coefficient (Wildman–Crippen LogP) is 7.30. The molecule has 2 atom stereocenters. The molecule has 4 aromatic rings. The van der Waals surface area contributed by atoms with E-state index in [1.165, 1.54) is 0 Å². The Balaban J connectivity index is 1.84. The van der Waals surface area contributed by atoms with Crippen LogP contribution in [-0.4, -0.2) is 17.1 Å². The van der Waals surface area contributed by atoms with Crippen LogP contribution in [0.4, 0.5) is 5.69 Å². The van der Waals surface area contributed by atoms with Gasteiger partial charge in [0.05, 0.1) is 6.10 Å². The predicted molar refractivity (Wildman–Crippen MR) is 149 cm³/mol. The van der Waals surface area contributed by atoms with E-state index in [1.807, 2.05) is 118 Å². The summed E-state index contributed by atoms with van der Waals surface area (Å²) in [7, 11) is 0. The molecule has 0 aliphatic heterocycles. The maximum absolute atomic E-state index is 12.9. The Morgan fingerprint density at radius 3 is 1.72 bits per heavy atom. The summed E-state index contributed by atoms with van der Waals surface area (Å²) in [6.07, 6.45) is 1.08. The summed E-state index contributed by atoms with van der Waals surface area (Å²) in [6.45, 7) is 5.68. The highest BCUT2D eigenvalue weighted by atomic mass is 16.3. The van der Waals surface area contributed by atoms with Crippen molar-refractivity contribution in [2.75, 3.05) is 5.32 Å². The first-order valence-corrected chi connectivity index (χ1v) is 12.3. The van der Waals surface area contributed by atoms with Gasteiger partial charge < -0.3 is 10.4 Å². The van der Waals surface area contributed by atoms with E-state index in [-0.39, 0.29) is 11.8 Å². The number of anilines is 1. The van der Waals surface area contributed by atoms with Gasteiger partial charge in [0, 0.05) is 17.0 Å². The number of amides is 1. The minimum absolute atomic E-state index is 0.0685. The molecule has 0 aliphatic carbocycles. The molecule has 0 aliphatic rings. The Morgan fingerprint density at radius 1 is 0.722 bits per heavy atom. The highest BCUT2D eigenvalue weighted by Crippen LogP contribution is 2.36. The van der Waals surface area contributed by atoms with Gasteiger partial charge >= 0.3 is 0 Å². The van der Waals surface area contributed by atoms with Crippen LogP contribution in [0, 0.1) is 5.41 Å². The van der Waals surface area contributed by atoms with Crippen molar-refractivity contribution in [2.24, 2.45) is 5.41 Å². The SMILES string of the molecule is CC(C)(C)C(=O)Nc1ccccc1[C@@H](c1ccccc1)[C@H](O)C=C(c1ccccc1)c1ccccc1. The van der Waals surface area contributed by atoms with Crippen LogP contribution in [0.2, 0.25) is 0 Å². The Labute approximate surface area is 214 Å². The molecule has 36 heavy (non-hydrogen) atoms. The number of carbonyl (C=O) groups excluding carboxylic acids is 1. The standard InChI is InChI=1S/C33H33NO2/c1-33(2,3)32(36)34-29-22-14-13-21-27(29)31(26-19-11-6-12-20-26)30(35)23-28(24-15-7-4-8-16-24)25-17-9-5-10-18-25/h4-23,30-31,35H,1-3H3,(H,34,36)/t30-,31-/m1/s1. The monoisotopic (exact) mass is 475 g/mol. The Bertz CT molecular complexity index is 1260. The van der Waals surface area contributed by atoms with Crippen molar-refractivity contribution in [3.05, 3.63) is 144 Å². The van der Waals surface area contributed by atoms with Gasteiger partial charge in [-0.05, 0) is 40.0 Å². The van der Waals surface area contributed by atoms with Gasteiger partial charge in [-0.1, -0.05) is 130 Å². The highest BCUT2D eigenvalue weighted by molar-refractivity contribution is 5.95. The van der Waals surface area contributed by atoms with Crippen molar-refractivity contribution < 1.29 is 9.90 Å². The lowest BCUT2D eigenvalue weighted by Gasteiger charge is -2.27. The zero-order valence-electron chi connectivity index (χ0n) is 21.1. The largest absolute Gasteiger partial charge is 0.388 e. The number of benzene rings is 4. The third-order valence-corrected chi connectivity index (χ3v) is 6.23. The van der Waals surface area contributed by atoms with E-state index in [1.54, 1.807) is 0 Å². The summed E-state index contributed by atoms with van der Waals surface area (Å²) in [5, 5.41) is 14.9. The van der Waals surface area contributed by atoms with E-state index in [9.17, 15) is 9.90 Å². The fourth-order valence-corrected chi connectivity index (χ4v) is 4.27. The molecule has 3 nitrogen and oxygen atoms in total. The van der Waals surface area contributed by atoms with E-state index >= 15 is 0 Å². The number of para-hydroxylation sites is 1. The van der Waals surface area contributed by atoms with E-state index < -0.39 is 11.5 Å². The second kappa shape index (κ2) is 11.2. The number of carbonyl (C=O) groups is 1. The Kier molecular flexibility index (Phi) is 7.82. The smallest absolute Gasteiger partial charge is 0.229 e. The van der Waals surface area contributed by atoms with Gasteiger partial charge in [-0.15, -0.1) is 0 Å². The van der Waals surface area contributed by atoms with E-state index in [0.717, 1.165) is 27.8 Å². The molecule has 0 radical (unpaired) electrons. The van der Waals surface area contributed by atoms with Crippen LogP contribution in [0.1, 0.15) is 48.9 Å². The number of nitrogens with one attached hydrogen (secondary N) is 1. The van der Waals surface area contributed by atoms with Crippen LogP contribution in [0.3, 0.4) is 0 Å². The highest BCUT2D eigenvalue weighted by Gasteiger charge is 2.27. The van der Waals surface area contributed by atoms with E-state index in [2.05, 4.69) is 29.6 Å². The molecule has 4 aromatic carbocycles. The first-order valence-electron chi connectivity index (χ1n) is 12.3. The molecule has 2 N–H and O–H groups in total. The van der Waals surface area contributed by atoms with Gasteiger partial charge in [-0.25, -0.2) is 0 Å². The lowest BCUT2D eigenvalue weighted by atomic mass is 9.83. The molecule has 0 aromatic heterocycles. The van der Waals surface area contributed by atoms with Gasteiger partial charge in [0.25, 0.3) is 0 Å². The van der Waals surface area contributed by atoms with Crippen molar-refractivity contribution in [2.45, 2.75) is 32.8 Å². The van der Waals surface area contributed by atoms with Crippen LogP contribution in [0.25, 0.3) is 5.57 Å². The van der Waals surface area contributed by atoms with Crippen molar-refractivity contribution in [1.29, 1.82) is 0 Å². The molecule has 0 unspecified atom stereocenters. The summed E-state index contributed by atoms with van der Waals surface area (Å²) in [4.78, 5) is 12.9. The first-order chi connectivity index (χ1) is 17.3. The average molecular weight is 476 g/mol. The van der Waals surface area contributed by atoms with E-state index in [0.29, 0.717) is 5.69 Å². The fourth-order valence-electron chi connectivity index (χ4n) is 4.27. The second-order valence-electron chi connectivity index (χ2n) is 9.98. The van der Waals surface area contributed by atoms with Crippen molar-refractivity contribution in [3.8, 4) is 0 Å². The number of aliphatic hydroxyl groups excluding tert-OH is 1. The topological polar surface area (TPSA) is 49.3 Å². The Hall–Kier alpha value is -3.95.